The van der Waals surface area contributed by atoms with Crippen molar-refractivity contribution in [3.8, 4) is 73.0 Å². The van der Waals surface area contributed by atoms with Gasteiger partial charge < -0.3 is 9.55 Å². The van der Waals surface area contributed by atoms with Crippen molar-refractivity contribution in [1.82, 2.24) is 19.5 Å². The molecular formula is C63H48IrN4SSi-2. The van der Waals surface area contributed by atoms with E-state index in [4.69, 9.17) is 14.1 Å². The van der Waals surface area contributed by atoms with Crippen LogP contribution in [0.5, 0.6) is 0 Å². The summed E-state index contributed by atoms with van der Waals surface area (Å²) in [6, 6.07) is 78.7. The van der Waals surface area contributed by atoms with Crippen molar-refractivity contribution < 1.29 is 24.2 Å². The number of rotatable bonds is 8. The topological polar surface area (TPSA) is 43.6 Å². The molecule has 7 heteroatoms. The van der Waals surface area contributed by atoms with E-state index in [0.717, 1.165) is 93.0 Å². The Morgan fingerprint density at radius 1 is 0.571 bits per heavy atom. The van der Waals surface area contributed by atoms with Crippen LogP contribution in [0.25, 0.3) is 104 Å². The molecule has 8 aromatic carbocycles. The van der Waals surface area contributed by atoms with Crippen molar-refractivity contribution in [3.63, 3.8) is 0 Å². The molecule has 4 nitrogen and oxygen atoms in total. The summed E-state index contributed by atoms with van der Waals surface area (Å²) in [5, 5.41) is 3.45. The van der Waals surface area contributed by atoms with Gasteiger partial charge in [-0.1, -0.05) is 193 Å². The Hall–Kier alpha value is -7.38. The monoisotopic (exact) mass is 1120 g/mol. The number of para-hydroxylation sites is 2. The Bertz CT molecular complexity index is 3880. The molecule has 0 aliphatic heterocycles. The van der Waals surface area contributed by atoms with Gasteiger partial charge in [-0.3, -0.25) is 4.98 Å². The maximum atomic E-state index is 8.22. The van der Waals surface area contributed by atoms with Crippen LogP contribution in [0.15, 0.2) is 219 Å². The van der Waals surface area contributed by atoms with Gasteiger partial charge in [-0.2, -0.15) is 11.3 Å². The van der Waals surface area contributed by atoms with Crippen molar-refractivity contribution in [2.45, 2.75) is 26.5 Å². The number of nitrogens with zero attached hydrogens (tertiary/aromatic N) is 4. The molecule has 0 atom stereocenters. The van der Waals surface area contributed by atoms with Crippen LogP contribution >= 0.6 is 11.3 Å². The molecule has 12 aromatic rings. The van der Waals surface area contributed by atoms with Crippen LogP contribution in [0.1, 0.15) is 9.68 Å². The van der Waals surface area contributed by atoms with Gasteiger partial charge in [-0.25, -0.2) is 4.98 Å². The van der Waals surface area contributed by atoms with E-state index >= 15 is 0 Å². The third-order valence-corrected chi connectivity index (χ3v) is 15.7. The summed E-state index contributed by atoms with van der Waals surface area (Å²) in [6.45, 7) is 4.72. The molecule has 1 radical (unpaired) electrons. The molecule has 0 aliphatic carbocycles. The van der Waals surface area contributed by atoms with Crippen molar-refractivity contribution in [3.05, 3.63) is 236 Å². The largest absolute Gasteiger partial charge is 0.333 e. The van der Waals surface area contributed by atoms with Gasteiger partial charge in [0.05, 0.1) is 30.6 Å². The maximum Gasteiger partial charge on any atom is 0.114 e. The average molecular weight is 1120 g/mol. The smallest absolute Gasteiger partial charge is 0.114 e. The summed E-state index contributed by atoms with van der Waals surface area (Å²) in [5.74, 6) is 0.778. The van der Waals surface area contributed by atoms with E-state index in [1.54, 1.807) is 23.5 Å². The summed E-state index contributed by atoms with van der Waals surface area (Å²) in [7, 11) is -1.23. The molecule has 0 fully saturated rings. The van der Waals surface area contributed by atoms with Gasteiger partial charge in [0.2, 0.25) is 0 Å². The maximum absolute atomic E-state index is 8.22. The van der Waals surface area contributed by atoms with Gasteiger partial charge in [0, 0.05) is 52.6 Å². The number of pyridine rings is 2. The van der Waals surface area contributed by atoms with E-state index in [1.807, 2.05) is 72.9 Å². The van der Waals surface area contributed by atoms with Gasteiger partial charge in [0.1, 0.15) is 4.83 Å². The first-order valence-electron chi connectivity index (χ1n) is 24.6. The van der Waals surface area contributed by atoms with Crippen LogP contribution in [-0.2, 0) is 20.1 Å². The molecule has 0 bridgehead atoms. The molecule has 4 heterocycles. The fraction of sp³-hybridized carbons (Fsp3) is 0.0635. The normalized spacial score (nSPS) is 12.1. The Balaban J connectivity index is 0.000000307. The number of fused-ring (bicyclic) bond motifs is 4. The minimum absolute atomic E-state index is 0. The summed E-state index contributed by atoms with van der Waals surface area (Å²) in [6.07, 6.45) is 2.02. The van der Waals surface area contributed by atoms with E-state index in [1.165, 1.54) is 5.19 Å². The Morgan fingerprint density at radius 2 is 1.24 bits per heavy atom. The summed E-state index contributed by atoms with van der Waals surface area (Å²) in [4.78, 5) is 15.9. The van der Waals surface area contributed by atoms with Crippen LogP contribution in [0, 0.1) is 19.0 Å². The van der Waals surface area contributed by atoms with Gasteiger partial charge >= 0.3 is 0 Å². The van der Waals surface area contributed by atoms with Crippen molar-refractivity contribution in [2.24, 2.45) is 0 Å². The predicted octanol–water partition coefficient (Wildman–Crippen LogP) is 16.3. The first kappa shape index (κ1) is 42.7. The zero-order valence-electron chi connectivity index (χ0n) is 41.8. The number of hydrogen-bond acceptors (Lipinski definition) is 4. The molecule has 70 heavy (non-hydrogen) atoms. The zero-order chi connectivity index (χ0) is 49.4. The second-order valence-electron chi connectivity index (χ2n) is 18.0. The van der Waals surface area contributed by atoms with E-state index in [9.17, 15) is 0 Å². The standard InChI is InChI=1S/C49H32N3S.C14H16NSi.Ir/c1-32-15-11-12-22-37(32)42-29-28-39-46-38(34-18-7-3-8-19-34)26-27-40(47(46)53-49(39)51-42)48-50-43-23-13-14-24-45(43)52(48)44-30-25-36(33-16-5-2-6-17-33)31-41(44)35-20-9-4-10-21-35;1-16(2,3)13-9-10-14(15-11-13)12-7-5-4-6-8-12;/h2-26,28-31H,1H3;4-7,9-11H,1-3H3;/q2*-1;/i1D3;;. The van der Waals surface area contributed by atoms with Gasteiger partial charge in [-0.15, -0.1) is 48.0 Å². The zero-order valence-corrected chi connectivity index (χ0v) is 43.0. The third-order valence-electron chi connectivity index (χ3n) is 12.5. The Kier molecular flexibility index (Phi) is 12.1. The van der Waals surface area contributed by atoms with E-state index in [-0.39, 0.29) is 25.7 Å². The molecule has 341 valence electrons. The van der Waals surface area contributed by atoms with Gasteiger partial charge in [0.15, 0.2) is 0 Å². The number of aryl methyl sites for hydroxylation is 1. The van der Waals surface area contributed by atoms with Crippen LogP contribution in [-0.4, -0.2) is 27.6 Å². The minimum atomic E-state index is -2.27. The molecule has 0 spiro atoms. The molecule has 0 unspecified atom stereocenters. The van der Waals surface area contributed by atoms with Crippen molar-refractivity contribution >= 4 is 55.9 Å². The van der Waals surface area contributed by atoms with E-state index in [2.05, 4.69) is 175 Å². The summed E-state index contributed by atoms with van der Waals surface area (Å²) >= 11 is 1.59. The molecule has 4 aromatic heterocycles. The van der Waals surface area contributed by atoms with Gasteiger partial charge in [-0.05, 0) is 75.0 Å². The molecule has 0 amide bonds. The Labute approximate surface area is 432 Å². The first-order valence-corrected chi connectivity index (χ1v) is 27.4. The number of imidazole rings is 1. The number of aromatic nitrogens is 4. The molecule has 0 aliphatic rings. The van der Waals surface area contributed by atoms with E-state index < -0.39 is 14.9 Å². The minimum Gasteiger partial charge on any atom is -0.333 e. The first-order chi connectivity index (χ1) is 35.0. The fourth-order valence-electron chi connectivity index (χ4n) is 8.95. The molecular weight excluding hydrogens is 1070 g/mol. The second kappa shape index (κ2) is 19.9. The number of thiophene rings is 1. The van der Waals surface area contributed by atoms with Crippen LogP contribution < -0.4 is 5.19 Å². The predicted molar refractivity (Wildman–Crippen MR) is 294 cm³/mol. The molecule has 12 rings (SSSR count). The van der Waals surface area contributed by atoms with Crippen molar-refractivity contribution in [1.29, 1.82) is 0 Å². The fourth-order valence-corrected chi connectivity index (χ4v) is 11.2. The van der Waals surface area contributed by atoms with Crippen LogP contribution in [0.3, 0.4) is 0 Å². The average Bonchev–Trinajstić information content (AvgIpc) is 4.00. The van der Waals surface area contributed by atoms with Crippen molar-refractivity contribution in [2.75, 3.05) is 0 Å². The quantitative estimate of drug-likeness (QED) is 0.112. The van der Waals surface area contributed by atoms with E-state index in [0.29, 0.717) is 11.3 Å². The Morgan fingerprint density at radius 3 is 1.94 bits per heavy atom. The summed E-state index contributed by atoms with van der Waals surface area (Å²) in [5.41, 5.74) is 13.9. The SMILES string of the molecule is C[Si](C)(C)c1ccc(-c2[c-]cccc2)nc1.[2H]C([2H])([2H])c1ccccc1-c1ccc2c(n1)sc1c(-c3nc4ccccc4n3-c3ccc(-c4ccccc4)cc3-c3ccccc3)[c-]cc(-c3ccccc3)c12.[Ir]. The molecule has 0 N–H and O–H groups in total. The molecule has 0 saturated carbocycles. The van der Waals surface area contributed by atoms with Crippen LogP contribution in [0.4, 0.5) is 0 Å². The number of hydrogen-bond donors (Lipinski definition) is 0. The van der Waals surface area contributed by atoms with Crippen LogP contribution in [0.2, 0.25) is 19.6 Å². The number of benzene rings is 8. The third kappa shape index (κ3) is 9.13. The second-order valence-corrected chi connectivity index (χ2v) is 24.1. The van der Waals surface area contributed by atoms with Gasteiger partial charge in [0.25, 0.3) is 0 Å². The summed E-state index contributed by atoms with van der Waals surface area (Å²) < 4.78 is 27.9. The molecule has 0 saturated heterocycles.